The SMILES string of the molecule is Cc1ccc(F)cc1NC(=O)C1CCCCC1. The van der Waals surface area contributed by atoms with Crippen LogP contribution in [0.25, 0.3) is 0 Å². The van der Waals surface area contributed by atoms with Crippen LogP contribution in [0.1, 0.15) is 37.7 Å². The van der Waals surface area contributed by atoms with E-state index in [0.717, 1.165) is 31.2 Å². The zero-order valence-electron chi connectivity index (χ0n) is 10.1. The van der Waals surface area contributed by atoms with Crippen molar-refractivity contribution in [1.82, 2.24) is 0 Å². The van der Waals surface area contributed by atoms with Gasteiger partial charge in [0, 0.05) is 11.6 Å². The molecule has 1 aliphatic carbocycles. The summed E-state index contributed by atoms with van der Waals surface area (Å²) in [5, 5.41) is 2.84. The van der Waals surface area contributed by atoms with Gasteiger partial charge in [-0.3, -0.25) is 4.79 Å². The Morgan fingerprint density at radius 3 is 2.71 bits per heavy atom. The second-order valence-electron chi connectivity index (χ2n) is 4.78. The van der Waals surface area contributed by atoms with Crippen molar-refractivity contribution in [3.63, 3.8) is 0 Å². The van der Waals surface area contributed by atoms with Gasteiger partial charge < -0.3 is 5.32 Å². The molecular formula is C14H18FNO. The Morgan fingerprint density at radius 2 is 2.00 bits per heavy atom. The van der Waals surface area contributed by atoms with E-state index in [0.29, 0.717) is 5.69 Å². The summed E-state index contributed by atoms with van der Waals surface area (Å²) in [5.41, 5.74) is 1.50. The van der Waals surface area contributed by atoms with Gasteiger partial charge in [-0.15, -0.1) is 0 Å². The van der Waals surface area contributed by atoms with Gasteiger partial charge in [0.1, 0.15) is 5.82 Å². The van der Waals surface area contributed by atoms with Gasteiger partial charge in [-0.1, -0.05) is 25.3 Å². The third kappa shape index (κ3) is 3.05. The maximum atomic E-state index is 13.1. The number of benzene rings is 1. The Bertz CT molecular complexity index is 411. The second-order valence-corrected chi connectivity index (χ2v) is 4.78. The van der Waals surface area contributed by atoms with Gasteiger partial charge in [-0.05, 0) is 37.5 Å². The molecule has 0 aromatic heterocycles. The number of hydrogen-bond acceptors (Lipinski definition) is 1. The maximum absolute atomic E-state index is 13.1. The van der Waals surface area contributed by atoms with Crippen molar-refractivity contribution in [3.8, 4) is 0 Å². The number of anilines is 1. The fourth-order valence-corrected chi connectivity index (χ4v) is 2.33. The van der Waals surface area contributed by atoms with Gasteiger partial charge in [0.05, 0.1) is 0 Å². The second kappa shape index (κ2) is 5.30. The summed E-state index contributed by atoms with van der Waals surface area (Å²) in [5.74, 6) is -0.167. The Labute approximate surface area is 101 Å². The highest BCUT2D eigenvalue weighted by Crippen LogP contribution is 2.25. The molecule has 1 amide bonds. The van der Waals surface area contributed by atoms with E-state index in [4.69, 9.17) is 0 Å². The molecule has 17 heavy (non-hydrogen) atoms. The molecule has 1 aliphatic rings. The molecule has 1 saturated carbocycles. The molecule has 2 rings (SSSR count). The van der Waals surface area contributed by atoms with Crippen LogP contribution >= 0.6 is 0 Å². The number of rotatable bonds is 2. The number of carbonyl (C=O) groups is 1. The van der Waals surface area contributed by atoms with Crippen LogP contribution in [0, 0.1) is 18.7 Å². The van der Waals surface area contributed by atoms with E-state index in [9.17, 15) is 9.18 Å². The zero-order chi connectivity index (χ0) is 12.3. The average Bonchev–Trinajstić information content (AvgIpc) is 2.35. The molecule has 0 saturated heterocycles. The van der Waals surface area contributed by atoms with Gasteiger partial charge >= 0.3 is 0 Å². The highest BCUT2D eigenvalue weighted by Gasteiger charge is 2.21. The van der Waals surface area contributed by atoms with Crippen molar-refractivity contribution >= 4 is 11.6 Å². The molecule has 0 atom stereocenters. The third-order valence-electron chi connectivity index (χ3n) is 3.43. The Balaban J connectivity index is 2.04. The molecule has 0 radical (unpaired) electrons. The molecule has 1 aromatic rings. The largest absolute Gasteiger partial charge is 0.326 e. The van der Waals surface area contributed by atoms with Gasteiger partial charge in [-0.25, -0.2) is 4.39 Å². The predicted octanol–water partition coefficient (Wildman–Crippen LogP) is 3.65. The zero-order valence-corrected chi connectivity index (χ0v) is 10.1. The standard InChI is InChI=1S/C14H18FNO/c1-10-7-8-12(15)9-13(10)16-14(17)11-5-3-2-4-6-11/h7-9,11H,2-6H2,1H3,(H,16,17). The van der Waals surface area contributed by atoms with Crippen molar-refractivity contribution in [1.29, 1.82) is 0 Å². The average molecular weight is 235 g/mol. The molecule has 1 aromatic carbocycles. The van der Waals surface area contributed by atoms with Crippen LogP contribution in [0.5, 0.6) is 0 Å². The molecule has 1 fully saturated rings. The lowest BCUT2D eigenvalue weighted by atomic mass is 9.88. The number of amides is 1. The Morgan fingerprint density at radius 1 is 1.29 bits per heavy atom. The minimum Gasteiger partial charge on any atom is -0.326 e. The highest BCUT2D eigenvalue weighted by molar-refractivity contribution is 5.93. The molecular weight excluding hydrogens is 217 g/mol. The van der Waals surface area contributed by atoms with Gasteiger partial charge in [0.25, 0.3) is 0 Å². The van der Waals surface area contributed by atoms with E-state index in [2.05, 4.69) is 5.32 Å². The monoisotopic (exact) mass is 235 g/mol. The number of halogens is 1. The molecule has 3 heteroatoms. The first kappa shape index (κ1) is 12.1. The van der Waals surface area contributed by atoms with E-state index in [1.54, 1.807) is 6.07 Å². The van der Waals surface area contributed by atoms with Crippen molar-refractivity contribution in [3.05, 3.63) is 29.6 Å². The van der Waals surface area contributed by atoms with Crippen LogP contribution in [-0.2, 0) is 4.79 Å². The fraction of sp³-hybridized carbons (Fsp3) is 0.500. The van der Waals surface area contributed by atoms with Crippen LogP contribution in [0.4, 0.5) is 10.1 Å². The van der Waals surface area contributed by atoms with E-state index >= 15 is 0 Å². The lowest BCUT2D eigenvalue weighted by molar-refractivity contribution is -0.120. The molecule has 0 aliphatic heterocycles. The summed E-state index contributed by atoms with van der Waals surface area (Å²) < 4.78 is 13.1. The Hall–Kier alpha value is -1.38. The number of nitrogens with one attached hydrogen (secondary N) is 1. The summed E-state index contributed by atoms with van der Waals surface area (Å²) in [6, 6.07) is 4.48. The summed E-state index contributed by atoms with van der Waals surface area (Å²) in [4.78, 5) is 12.0. The normalized spacial score (nSPS) is 16.8. The maximum Gasteiger partial charge on any atom is 0.227 e. The summed E-state index contributed by atoms with van der Waals surface area (Å²) in [6.45, 7) is 1.87. The van der Waals surface area contributed by atoms with Gasteiger partial charge in [0.2, 0.25) is 5.91 Å². The van der Waals surface area contributed by atoms with E-state index in [-0.39, 0.29) is 17.6 Å². The molecule has 0 unspecified atom stereocenters. The molecule has 1 N–H and O–H groups in total. The lowest BCUT2D eigenvalue weighted by Gasteiger charge is -2.21. The van der Waals surface area contributed by atoms with Gasteiger partial charge in [0.15, 0.2) is 0 Å². The van der Waals surface area contributed by atoms with E-state index in [1.165, 1.54) is 18.6 Å². The smallest absolute Gasteiger partial charge is 0.227 e. The quantitative estimate of drug-likeness (QED) is 0.832. The lowest BCUT2D eigenvalue weighted by Crippen LogP contribution is -2.25. The summed E-state index contributed by atoms with van der Waals surface area (Å²) in [6.07, 6.45) is 5.39. The minimum absolute atomic E-state index is 0.0402. The number of aryl methyl sites for hydroxylation is 1. The van der Waals surface area contributed by atoms with Crippen LogP contribution in [-0.4, -0.2) is 5.91 Å². The fourth-order valence-electron chi connectivity index (χ4n) is 2.33. The third-order valence-corrected chi connectivity index (χ3v) is 3.43. The molecule has 0 bridgehead atoms. The van der Waals surface area contributed by atoms with Crippen LogP contribution in [0.15, 0.2) is 18.2 Å². The van der Waals surface area contributed by atoms with Crippen molar-refractivity contribution < 1.29 is 9.18 Å². The van der Waals surface area contributed by atoms with Crippen molar-refractivity contribution in [2.75, 3.05) is 5.32 Å². The Kier molecular flexibility index (Phi) is 3.77. The van der Waals surface area contributed by atoms with E-state index in [1.807, 2.05) is 6.92 Å². The molecule has 2 nitrogen and oxygen atoms in total. The first-order chi connectivity index (χ1) is 8.16. The summed E-state index contributed by atoms with van der Waals surface area (Å²) >= 11 is 0. The van der Waals surface area contributed by atoms with Crippen LogP contribution in [0.3, 0.4) is 0 Å². The van der Waals surface area contributed by atoms with Gasteiger partial charge in [-0.2, -0.15) is 0 Å². The number of hydrogen-bond donors (Lipinski definition) is 1. The first-order valence-corrected chi connectivity index (χ1v) is 6.24. The number of carbonyl (C=O) groups excluding carboxylic acids is 1. The van der Waals surface area contributed by atoms with Crippen molar-refractivity contribution in [2.45, 2.75) is 39.0 Å². The van der Waals surface area contributed by atoms with E-state index < -0.39 is 0 Å². The highest BCUT2D eigenvalue weighted by atomic mass is 19.1. The first-order valence-electron chi connectivity index (χ1n) is 6.24. The van der Waals surface area contributed by atoms with Crippen LogP contribution in [0.2, 0.25) is 0 Å². The minimum atomic E-state index is -0.311. The van der Waals surface area contributed by atoms with Crippen LogP contribution < -0.4 is 5.32 Å². The predicted molar refractivity (Wildman–Crippen MR) is 66.3 cm³/mol. The molecule has 0 spiro atoms. The molecule has 92 valence electrons. The van der Waals surface area contributed by atoms with Crippen molar-refractivity contribution in [2.24, 2.45) is 5.92 Å². The summed E-state index contributed by atoms with van der Waals surface area (Å²) in [7, 11) is 0. The topological polar surface area (TPSA) is 29.1 Å². The molecule has 0 heterocycles.